The molecule has 1 aromatic carbocycles. The third-order valence-corrected chi connectivity index (χ3v) is 4.34. The first kappa shape index (κ1) is 17.8. The summed E-state index contributed by atoms with van der Waals surface area (Å²) in [5.41, 5.74) is 3.00. The highest BCUT2D eigenvalue weighted by atomic mass is 32.1. The number of amides is 1. The van der Waals surface area contributed by atoms with Crippen LogP contribution in [0, 0.1) is 17.2 Å². The summed E-state index contributed by atoms with van der Waals surface area (Å²) >= 11 is 1.26. The second kappa shape index (κ2) is 6.93. The summed E-state index contributed by atoms with van der Waals surface area (Å²) in [4.78, 5) is 27.5. The van der Waals surface area contributed by atoms with Gasteiger partial charge in [-0.15, -0.1) is 11.3 Å². The van der Waals surface area contributed by atoms with Crippen molar-refractivity contribution in [1.82, 2.24) is 4.98 Å². The molecular weight excluding hydrogens is 322 g/mol. The quantitative estimate of drug-likeness (QED) is 0.858. The zero-order chi connectivity index (χ0) is 17.9. The summed E-state index contributed by atoms with van der Waals surface area (Å²) in [6.45, 7) is 7.68. The summed E-state index contributed by atoms with van der Waals surface area (Å²) in [6.07, 6.45) is 0. The van der Waals surface area contributed by atoms with Crippen LogP contribution >= 0.6 is 11.3 Å². The summed E-state index contributed by atoms with van der Waals surface area (Å²) in [5.74, 6) is -2.43. The predicted octanol–water partition coefficient (Wildman–Crippen LogP) is 3.77. The number of Topliss-reactive ketones (excluding diaryl/α,β-unsaturated/α-hetero) is 1. The van der Waals surface area contributed by atoms with Gasteiger partial charge in [-0.05, 0) is 17.9 Å². The monoisotopic (exact) mass is 341 g/mol. The minimum atomic E-state index is -1.30. The molecule has 124 valence electrons. The zero-order valence-electron chi connectivity index (χ0n) is 14.1. The molecule has 0 saturated heterocycles. The summed E-state index contributed by atoms with van der Waals surface area (Å²) < 4.78 is 0. The van der Waals surface area contributed by atoms with Crippen molar-refractivity contribution in [2.24, 2.45) is 5.92 Å². The molecule has 0 aliphatic rings. The van der Waals surface area contributed by atoms with E-state index in [1.165, 1.54) is 23.8 Å². The second-order valence-electron chi connectivity index (χ2n) is 6.53. The van der Waals surface area contributed by atoms with Crippen molar-refractivity contribution in [3.8, 4) is 17.3 Å². The highest BCUT2D eigenvalue weighted by Gasteiger charge is 2.23. The maximum Gasteiger partial charge on any atom is 0.251 e. The lowest BCUT2D eigenvalue weighted by Crippen LogP contribution is -2.26. The van der Waals surface area contributed by atoms with Crippen LogP contribution in [0.4, 0.5) is 5.13 Å². The molecule has 0 aliphatic carbocycles. The van der Waals surface area contributed by atoms with Crippen molar-refractivity contribution >= 4 is 28.2 Å². The molecule has 2 aromatic rings. The van der Waals surface area contributed by atoms with Crippen LogP contribution in [0.2, 0.25) is 0 Å². The zero-order valence-corrected chi connectivity index (χ0v) is 14.9. The Hall–Kier alpha value is -2.52. The molecular formula is C18H19N3O2S. The Balaban J connectivity index is 2.15. The first-order chi connectivity index (χ1) is 11.2. The number of aromatic nitrogens is 1. The second-order valence-corrected chi connectivity index (χ2v) is 7.39. The maximum atomic E-state index is 11.9. The van der Waals surface area contributed by atoms with Crippen LogP contribution in [-0.2, 0) is 15.0 Å². The molecule has 2 rings (SSSR count). The van der Waals surface area contributed by atoms with Gasteiger partial charge in [0.15, 0.2) is 16.8 Å². The first-order valence-corrected chi connectivity index (χ1v) is 8.37. The van der Waals surface area contributed by atoms with Crippen LogP contribution in [-0.4, -0.2) is 16.7 Å². The minimum absolute atomic E-state index is 0.0821. The van der Waals surface area contributed by atoms with E-state index in [1.807, 2.05) is 17.5 Å². The van der Waals surface area contributed by atoms with Gasteiger partial charge in [0.1, 0.15) is 0 Å². The van der Waals surface area contributed by atoms with Crippen molar-refractivity contribution in [1.29, 1.82) is 5.26 Å². The largest absolute Gasteiger partial charge is 0.300 e. The van der Waals surface area contributed by atoms with E-state index in [0.717, 1.165) is 11.3 Å². The molecule has 0 saturated carbocycles. The molecule has 0 spiro atoms. The number of nitrogens with one attached hydrogen (secondary N) is 1. The van der Waals surface area contributed by atoms with Gasteiger partial charge in [-0.25, -0.2) is 4.98 Å². The van der Waals surface area contributed by atoms with Crippen LogP contribution < -0.4 is 5.32 Å². The number of thiazole rings is 1. The first-order valence-electron chi connectivity index (χ1n) is 7.49. The summed E-state index contributed by atoms with van der Waals surface area (Å²) in [7, 11) is 0. The predicted molar refractivity (Wildman–Crippen MR) is 94.7 cm³/mol. The molecule has 0 fully saturated rings. The Morgan fingerprint density at radius 1 is 1.25 bits per heavy atom. The average Bonchev–Trinajstić information content (AvgIpc) is 2.95. The molecule has 1 heterocycles. The molecule has 24 heavy (non-hydrogen) atoms. The number of hydrogen-bond acceptors (Lipinski definition) is 5. The van der Waals surface area contributed by atoms with E-state index < -0.39 is 17.6 Å². The number of anilines is 1. The third-order valence-electron chi connectivity index (χ3n) is 3.58. The molecule has 1 unspecified atom stereocenters. The molecule has 6 heteroatoms. The standard InChI is InChI=1S/C18H19N3O2S/c1-11(22)14(9-19)16(23)21-17-20-15(10-24-17)12-5-7-13(8-6-12)18(2,3)4/h5-8,10,14H,1-4H3,(H,20,21,23). The Labute approximate surface area is 145 Å². The molecule has 0 bridgehead atoms. The van der Waals surface area contributed by atoms with E-state index in [2.05, 4.69) is 43.2 Å². The molecule has 0 aliphatic heterocycles. The summed E-state index contributed by atoms with van der Waals surface area (Å²) in [5, 5.41) is 13.6. The normalized spacial score (nSPS) is 12.3. The van der Waals surface area contributed by atoms with Gasteiger partial charge in [-0.3, -0.25) is 9.59 Å². The van der Waals surface area contributed by atoms with Gasteiger partial charge >= 0.3 is 0 Å². The number of carbonyl (C=O) groups excluding carboxylic acids is 2. The van der Waals surface area contributed by atoms with Crippen LogP contribution in [0.5, 0.6) is 0 Å². The lowest BCUT2D eigenvalue weighted by Gasteiger charge is -2.18. The number of hydrogen-bond donors (Lipinski definition) is 1. The molecule has 5 nitrogen and oxygen atoms in total. The highest BCUT2D eigenvalue weighted by Crippen LogP contribution is 2.28. The van der Waals surface area contributed by atoms with Gasteiger partial charge in [0, 0.05) is 10.9 Å². The molecule has 1 atom stereocenters. The van der Waals surface area contributed by atoms with Gasteiger partial charge in [0.25, 0.3) is 5.91 Å². The fourth-order valence-electron chi connectivity index (χ4n) is 2.12. The van der Waals surface area contributed by atoms with Crippen LogP contribution in [0.1, 0.15) is 33.3 Å². The molecule has 0 radical (unpaired) electrons. The molecule has 1 N–H and O–H groups in total. The van der Waals surface area contributed by atoms with Gasteiger partial charge in [0.05, 0.1) is 11.8 Å². The van der Waals surface area contributed by atoms with Crippen molar-refractivity contribution < 1.29 is 9.59 Å². The average molecular weight is 341 g/mol. The number of benzene rings is 1. The fraction of sp³-hybridized carbons (Fsp3) is 0.333. The fourth-order valence-corrected chi connectivity index (χ4v) is 2.84. The van der Waals surface area contributed by atoms with Crippen molar-refractivity contribution in [2.45, 2.75) is 33.1 Å². The summed E-state index contributed by atoms with van der Waals surface area (Å²) in [6, 6.07) is 9.81. The Kier molecular flexibility index (Phi) is 5.15. The molecule has 1 aromatic heterocycles. The third kappa shape index (κ3) is 4.06. The van der Waals surface area contributed by atoms with Crippen molar-refractivity contribution in [3.63, 3.8) is 0 Å². The topological polar surface area (TPSA) is 82.8 Å². The molecule has 1 amide bonds. The maximum absolute atomic E-state index is 11.9. The number of nitriles is 1. The number of rotatable bonds is 4. The van der Waals surface area contributed by atoms with E-state index in [-0.39, 0.29) is 5.41 Å². The van der Waals surface area contributed by atoms with Gasteiger partial charge in [0.2, 0.25) is 0 Å². The number of ketones is 1. The number of nitrogens with zero attached hydrogens (tertiary/aromatic N) is 2. The lowest BCUT2D eigenvalue weighted by atomic mass is 9.86. The smallest absolute Gasteiger partial charge is 0.251 e. The van der Waals surface area contributed by atoms with Gasteiger partial charge in [-0.1, -0.05) is 45.0 Å². The van der Waals surface area contributed by atoms with E-state index in [1.54, 1.807) is 6.07 Å². The minimum Gasteiger partial charge on any atom is -0.300 e. The van der Waals surface area contributed by atoms with Crippen molar-refractivity contribution in [2.75, 3.05) is 5.32 Å². The Bertz CT molecular complexity index is 795. The van der Waals surface area contributed by atoms with Crippen LogP contribution in [0.3, 0.4) is 0 Å². The SMILES string of the molecule is CC(=O)C(C#N)C(=O)Nc1nc(-c2ccc(C(C)(C)C)cc2)cs1. The van der Waals surface area contributed by atoms with Crippen LogP contribution in [0.25, 0.3) is 11.3 Å². The van der Waals surface area contributed by atoms with Crippen molar-refractivity contribution in [3.05, 3.63) is 35.2 Å². The Morgan fingerprint density at radius 2 is 1.88 bits per heavy atom. The van der Waals surface area contributed by atoms with Crippen LogP contribution in [0.15, 0.2) is 29.6 Å². The van der Waals surface area contributed by atoms with E-state index in [4.69, 9.17) is 5.26 Å². The van der Waals surface area contributed by atoms with Gasteiger partial charge < -0.3 is 5.32 Å². The lowest BCUT2D eigenvalue weighted by molar-refractivity contribution is -0.127. The Morgan fingerprint density at radius 3 is 2.38 bits per heavy atom. The van der Waals surface area contributed by atoms with E-state index in [0.29, 0.717) is 5.13 Å². The van der Waals surface area contributed by atoms with E-state index in [9.17, 15) is 9.59 Å². The van der Waals surface area contributed by atoms with Gasteiger partial charge in [-0.2, -0.15) is 5.26 Å². The highest BCUT2D eigenvalue weighted by molar-refractivity contribution is 7.14. The van der Waals surface area contributed by atoms with E-state index >= 15 is 0 Å². The number of carbonyl (C=O) groups is 2.